The van der Waals surface area contributed by atoms with Gasteiger partial charge >= 0.3 is 41.9 Å². The Morgan fingerprint density at radius 3 is 1.79 bits per heavy atom. The smallest absolute Gasteiger partial charge is 0.743 e. The van der Waals surface area contributed by atoms with E-state index in [9.17, 15) is 39.3 Å². The van der Waals surface area contributed by atoms with E-state index >= 15 is 0 Å². The van der Waals surface area contributed by atoms with Crippen LogP contribution in [0.3, 0.4) is 0 Å². The van der Waals surface area contributed by atoms with E-state index in [2.05, 4.69) is 4.98 Å². The first-order chi connectivity index (χ1) is 7.82. The van der Waals surface area contributed by atoms with E-state index < -0.39 is 38.8 Å². The number of halogens is 6. The molecule has 0 atom stereocenters. The van der Waals surface area contributed by atoms with Crippen LogP contribution in [0.5, 0.6) is 0 Å². The van der Waals surface area contributed by atoms with Crippen molar-refractivity contribution in [3.8, 4) is 0 Å². The Kier molecular flexibility index (Phi) is 5.45. The number of aromatic nitrogens is 1. The zero-order chi connectivity index (χ0) is 14.4. The van der Waals surface area contributed by atoms with Gasteiger partial charge in [0.2, 0.25) is 0 Å². The summed E-state index contributed by atoms with van der Waals surface area (Å²) in [6.45, 7) is 0. The van der Waals surface area contributed by atoms with Crippen molar-refractivity contribution in [1.82, 2.24) is 4.98 Å². The summed E-state index contributed by atoms with van der Waals surface area (Å²) in [4.78, 5) is 2.36. The summed E-state index contributed by atoms with van der Waals surface area (Å²) >= 11 is 0. The number of nitrogens with zero attached hydrogens (tertiary/aromatic N) is 1. The normalized spacial score (nSPS) is 13.0. The third-order valence-electron chi connectivity index (χ3n) is 1.68. The van der Waals surface area contributed by atoms with E-state index in [1.165, 1.54) is 0 Å². The molecule has 0 unspecified atom stereocenters. The monoisotopic (exact) mass is 317 g/mol. The maximum Gasteiger partial charge on any atom is 1.00 e. The molecule has 0 radical (unpaired) electrons. The summed E-state index contributed by atoms with van der Waals surface area (Å²) in [5.41, 5.74) is -4.02. The minimum Gasteiger partial charge on any atom is -0.743 e. The van der Waals surface area contributed by atoms with Gasteiger partial charge < -0.3 is 4.55 Å². The molecule has 0 saturated heterocycles. The number of alkyl halides is 6. The molecule has 0 saturated carbocycles. The predicted molar refractivity (Wildman–Crippen MR) is 42.2 cm³/mol. The molecule has 0 bridgehead atoms. The molecule has 12 heteroatoms. The standard InChI is InChI=1S/C7H3F6NO3S.Na/c8-6(9,10)3-1-4(7(11,12)13)14-5(2-3)18(15,16)17;/h1-2H,(H,15,16,17);/q;+1/p-1. The van der Waals surface area contributed by atoms with Crippen LogP contribution in [0.25, 0.3) is 0 Å². The maximum absolute atomic E-state index is 12.2. The first kappa shape index (κ1) is 18.6. The van der Waals surface area contributed by atoms with E-state index in [1.54, 1.807) is 0 Å². The molecular weight excluding hydrogens is 315 g/mol. The third kappa shape index (κ3) is 4.91. The summed E-state index contributed by atoms with van der Waals surface area (Å²) in [6.07, 6.45) is -10.5. The second kappa shape index (κ2) is 5.56. The van der Waals surface area contributed by atoms with E-state index in [1.807, 2.05) is 0 Å². The maximum atomic E-state index is 12.2. The minimum atomic E-state index is -5.53. The molecule has 0 aliphatic carbocycles. The van der Waals surface area contributed by atoms with Gasteiger partial charge in [-0.3, -0.25) is 0 Å². The molecule has 1 aromatic heterocycles. The summed E-state index contributed by atoms with van der Waals surface area (Å²) in [5.74, 6) is 0. The van der Waals surface area contributed by atoms with Crippen molar-refractivity contribution in [2.75, 3.05) is 0 Å². The van der Waals surface area contributed by atoms with Gasteiger partial charge in [0.25, 0.3) is 0 Å². The Morgan fingerprint density at radius 2 is 1.47 bits per heavy atom. The van der Waals surface area contributed by atoms with Crippen LogP contribution in [-0.2, 0) is 22.5 Å². The zero-order valence-electron chi connectivity index (χ0n) is 9.00. The minimum absolute atomic E-state index is 0. The van der Waals surface area contributed by atoms with Crippen LogP contribution in [0.1, 0.15) is 11.3 Å². The molecule has 4 nitrogen and oxygen atoms in total. The quantitative estimate of drug-likeness (QED) is 0.380. The van der Waals surface area contributed by atoms with Crippen molar-refractivity contribution in [1.29, 1.82) is 0 Å². The number of hydrogen-bond acceptors (Lipinski definition) is 4. The van der Waals surface area contributed by atoms with Crippen molar-refractivity contribution in [2.24, 2.45) is 0 Å². The van der Waals surface area contributed by atoms with Gasteiger partial charge in [0.15, 0.2) is 0 Å². The van der Waals surface area contributed by atoms with Crippen LogP contribution in [0.2, 0.25) is 0 Å². The van der Waals surface area contributed by atoms with Crippen LogP contribution in [0, 0.1) is 0 Å². The Bertz CT molecular complexity index is 535. The summed E-state index contributed by atoms with van der Waals surface area (Å²) in [7, 11) is -5.53. The Morgan fingerprint density at radius 1 is 1.00 bits per heavy atom. The number of hydrogen-bond donors (Lipinski definition) is 0. The summed E-state index contributed by atoms with van der Waals surface area (Å²) in [6, 6.07) is -0.633. The van der Waals surface area contributed by atoms with E-state index in [0.717, 1.165) is 0 Å². The molecular formula is C7H2F6NNaO3S. The molecule has 0 spiro atoms. The molecule has 0 aliphatic rings. The summed E-state index contributed by atoms with van der Waals surface area (Å²) < 4.78 is 105. The fraction of sp³-hybridized carbons (Fsp3) is 0.286. The van der Waals surface area contributed by atoms with Crippen LogP contribution in [-0.4, -0.2) is 18.0 Å². The number of rotatable bonds is 1. The van der Waals surface area contributed by atoms with Crippen molar-refractivity contribution in [3.63, 3.8) is 0 Å². The van der Waals surface area contributed by atoms with Crippen LogP contribution >= 0.6 is 0 Å². The second-order valence-corrected chi connectivity index (χ2v) is 4.36. The largest absolute Gasteiger partial charge is 1.00 e. The first-order valence-electron chi connectivity index (χ1n) is 3.94. The van der Waals surface area contributed by atoms with Crippen LogP contribution < -0.4 is 29.6 Å². The fourth-order valence-electron chi connectivity index (χ4n) is 0.942. The average Bonchev–Trinajstić information content (AvgIpc) is 2.13. The molecule has 1 aromatic rings. The van der Waals surface area contributed by atoms with Crippen LogP contribution in [0.15, 0.2) is 17.2 Å². The van der Waals surface area contributed by atoms with Gasteiger partial charge in [-0.2, -0.15) is 26.3 Å². The van der Waals surface area contributed by atoms with Gasteiger partial charge in [-0.05, 0) is 12.1 Å². The van der Waals surface area contributed by atoms with E-state index in [0.29, 0.717) is 0 Å². The molecule has 102 valence electrons. The SMILES string of the molecule is O=S(=O)([O-])c1cc(C(F)(F)F)cc(C(F)(F)F)n1.[Na+]. The summed E-state index contributed by atoms with van der Waals surface area (Å²) in [5, 5.41) is -1.83. The first-order valence-corrected chi connectivity index (χ1v) is 5.35. The molecule has 1 heterocycles. The van der Waals surface area contributed by atoms with Crippen molar-refractivity contribution >= 4 is 10.1 Å². The van der Waals surface area contributed by atoms with Gasteiger partial charge in [-0.25, -0.2) is 13.4 Å². The molecule has 0 aromatic carbocycles. The van der Waals surface area contributed by atoms with Gasteiger partial charge in [0.1, 0.15) is 20.8 Å². The zero-order valence-corrected chi connectivity index (χ0v) is 11.8. The fourth-order valence-corrected chi connectivity index (χ4v) is 1.42. The topological polar surface area (TPSA) is 70.1 Å². The Hall–Kier alpha value is -0.360. The van der Waals surface area contributed by atoms with Crippen molar-refractivity contribution < 1.29 is 68.9 Å². The molecule has 0 N–H and O–H groups in total. The van der Waals surface area contributed by atoms with E-state index in [-0.39, 0.29) is 41.7 Å². The van der Waals surface area contributed by atoms with Crippen LogP contribution in [0.4, 0.5) is 26.3 Å². The average molecular weight is 317 g/mol. The molecule has 0 amide bonds. The predicted octanol–water partition coefficient (Wildman–Crippen LogP) is -0.973. The molecule has 0 fully saturated rings. The van der Waals surface area contributed by atoms with Crippen molar-refractivity contribution in [2.45, 2.75) is 17.4 Å². The Labute approximate surface area is 124 Å². The van der Waals surface area contributed by atoms with Gasteiger partial charge in [0.05, 0.1) is 5.56 Å². The van der Waals surface area contributed by atoms with Gasteiger partial charge in [0, 0.05) is 0 Å². The van der Waals surface area contributed by atoms with E-state index in [4.69, 9.17) is 0 Å². The molecule has 19 heavy (non-hydrogen) atoms. The third-order valence-corrected chi connectivity index (χ3v) is 2.40. The van der Waals surface area contributed by atoms with Gasteiger partial charge in [-0.15, -0.1) is 0 Å². The Balaban J connectivity index is 0.00000324. The van der Waals surface area contributed by atoms with Gasteiger partial charge in [-0.1, -0.05) is 0 Å². The second-order valence-electron chi connectivity index (χ2n) is 3.03. The van der Waals surface area contributed by atoms with Crippen molar-refractivity contribution in [3.05, 3.63) is 23.4 Å². The number of pyridine rings is 1. The molecule has 0 aliphatic heterocycles. The molecule has 1 rings (SSSR count).